The van der Waals surface area contributed by atoms with Crippen LogP contribution in [0.3, 0.4) is 0 Å². The van der Waals surface area contributed by atoms with E-state index in [2.05, 4.69) is 12.0 Å². The fourth-order valence-electron chi connectivity index (χ4n) is 2.16. The van der Waals surface area contributed by atoms with Gasteiger partial charge in [0.15, 0.2) is 11.5 Å². The highest BCUT2D eigenvalue weighted by Gasteiger charge is 2.18. The van der Waals surface area contributed by atoms with Crippen LogP contribution in [0.4, 0.5) is 5.82 Å². The Balaban J connectivity index is 1.97. The Labute approximate surface area is 105 Å². The van der Waals surface area contributed by atoms with Crippen LogP contribution in [-0.4, -0.2) is 16.6 Å². The number of aryl methyl sites for hydroxylation is 1. The zero-order chi connectivity index (χ0) is 12.7. The van der Waals surface area contributed by atoms with Crippen molar-refractivity contribution in [3.63, 3.8) is 0 Å². The van der Waals surface area contributed by atoms with E-state index >= 15 is 0 Å². The van der Waals surface area contributed by atoms with E-state index in [4.69, 9.17) is 15.2 Å². The van der Waals surface area contributed by atoms with Crippen LogP contribution in [0.5, 0.6) is 11.5 Å². The summed E-state index contributed by atoms with van der Waals surface area (Å²) in [6.07, 6.45) is 0. The van der Waals surface area contributed by atoms with Gasteiger partial charge >= 0.3 is 0 Å². The van der Waals surface area contributed by atoms with E-state index in [1.54, 1.807) is 0 Å². The molecule has 1 aliphatic rings. The molecule has 2 N–H and O–H groups in total. The van der Waals surface area contributed by atoms with Crippen molar-refractivity contribution in [2.24, 2.45) is 0 Å². The number of aromatic nitrogens is 2. The van der Waals surface area contributed by atoms with Gasteiger partial charge in [-0.25, -0.2) is 4.68 Å². The van der Waals surface area contributed by atoms with E-state index in [0.717, 1.165) is 22.8 Å². The van der Waals surface area contributed by atoms with Crippen LogP contribution in [0.2, 0.25) is 0 Å². The molecule has 3 rings (SSSR count). The smallest absolute Gasteiger partial charge is 0.231 e. The highest BCUT2D eigenvalue weighted by molar-refractivity contribution is 5.46. The maximum atomic E-state index is 5.94. The van der Waals surface area contributed by atoms with Gasteiger partial charge in [-0.1, -0.05) is 6.07 Å². The van der Waals surface area contributed by atoms with E-state index in [9.17, 15) is 0 Å². The lowest BCUT2D eigenvalue weighted by atomic mass is 10.1. The maximum Gasteiger partial charge on any atom is 0.231 e. The predicted octanol–water partition coefficient (Wildman–Crippen LogP) is 2.11. The molecule has 0 fully saturated rings. The van der Waals surface area contributed by atoms with Crippen molar-refractivity contribution in [3.8, 4) is 11.5 Å². The van der Waals surface area contributed by atoms with Crippen LogP contribution in [0, 0.1) is 6.92 Å². The van der Waals surface area contributed by atoms with Gasteiger partial charge in [0, 0.05) is 6.07 Å². The summed E-state index contributed by atoms with van der Waals surface area (Å²) < 4.78 is 12.5. The first kappa shape index (κ1) is 11.0. The average molecular weight is 245 g/mol. The van der Waals surface area contributed by atoms with Gasteiger partial charge in [0.05, 0.1) is 11.7 Å². The zero-order valence-electron chi connectivity index (χ0n) is 10.4. The Kier molecular flexibility index (Phi) is 2.40. The molecule has 1 aromatic heterocycles. The Bertz CT molecular complexity index is 592. The standard InChI is InChI=1S/C13H15N3O2/c1-8-5-13(14)16(15-8)9(2)10-3-4-11-12(6-10)18-7-17-11/h3-6,9H,7,14H2,1-2H3. The van der Waals surface area contributed by atoms with Crippen LogP contribution in [0.25, 0.3) is 0 Å². The molecule has 18 heavy (non-hydrogen) atoms. The topological polar surface area (TPSA) is 62.3 Å². The van der Waals surface area contributed by atoms with E-state index in [1.165, 1.54) is 0 Å². The molecule has 2 aromatic rings. The molecule has 0 amide bonds. The average Bonchev–Trinajstić information content (AvgIpc) is 2.93. The first-order chi connectivity index (χ1) is 8.65. The molecule has 1 atom stereocenters. The van der Waals surface area contributed by atoms with Crippen molar-refractivity contribution in [1.29, 1.82) is 0 Å². The monoisotopic (exact) mass is 245 g/mol. The third-order valence-electron chi connectivity index (χ3n) is 3.13. The number of hydrogen-bond acceptors (Lipinski definition) is 4. The molecule has 1 aromatic carbocycles. The Morgan fingerprint density at radius 1 is 1.28 bits per heavy atom. The number of anilines is 1. The lowest BCUT2D eigenvalue weighted by Gasteiger charge is -2.14. The fourth-order valence-corrected chi connectivity index (χ4v) is 2.16. The van der Waals surface area contributed by atoms with Gasteiger partial charge in [-0.3, -0.25) is 0 Å². The molecule has 2 heterocycles. The van der Waals surface area contributed by atoms with Crippen LogP contribution >= 0.6 is 0 Å². The lowest BCUT2D eigenvalue weighted by Crippen LogP contribution is -2.11. The van der Waals surface area contributed by atoms with Crippen molar-refractivity contribution in [2.75, 3.05) is 12.5 Å². The van der Waals surface area contributed by atoms with E-state index < -0.39 is 0 Å². The van der Waals surface area contributed by atoms with Gasteiger partial charge in [0.1, 0.15) is 5.82 Å². The van der Waals surface area contributed by atoms with Gasteiger partial charge in [-0.2, -0.15) is 5.10 Å². The van der Waals surface area contributed by atoms with Gasteiger partial charge in [0.25, 0.3) is 0 Å². The molecule has 1 unspecified atom stereocenters. The molecule has 0 spiro atoms. The molecule has 1 aliphatic heterocycles. The van der Waals surface area contributed by atoms with Crippen molar-refractivity contribution < 1.29 is 9.47 Å². The maximum absolute atomic E-state index is 5.94. The van der Waals surface area contributed by atoms with Crippen LogP contribution in [-0.2, 0) is 0 Å². The van der Waals surface area contributed by atoms with Crippen LogP contribution in [0.1, 0.15) is 24.2 Å². The van der Waals surface area contributed by atoms with E-state index in [0.29, 0.717) is 5.82 Å². The fraction of sp³-hybridized carbons (Fsp3) is 0.308. The van der Waals surface area contributed by atoms with Crippen LogP contribution in [0.15, 0.2) is 24.3 Å². The first-order valence-electron chi connectivity index (χ1n) is 5.86. The number of nitrogen functional groups attached to an aromatic ring is 1. The summed E-state index contributed by atoms with van der Waals surface area (Å²) in [5.74, 6) is 2.23. The number of benzene rings is 1. The number of nitrogens with zero attached hydrogens (tertiary/aromatic N) is 2. The molecule has 94 valence electrons. The summed E-state index contributed by atoms with van der Waals surface area (Å²) in [7, 11) is 0. The quantitative estimate of drug-likeness (QED) is 0.880. The third-order valence-corrected chi connectivity index (χ3v) is 3.13. The normalized spacial score (nSPS) is 14.8. The SMILES string of the molecule is Cc1cc(N)n(C(C)c2ccc3c(c2)OCO3)n1. The highest BCUT2D eigenvalue weighted by atomic mass is 16.7. The molecule has 5 nitrogen and oxygen atoms in total. The summed E-state index contributed by atoms with van der Waals surface area (Å²) in [6, 6.07) is 7.83. The Morgan fingerprint density at radius 3 is 2.78 bits per heavy atom. The summed E-state index contributed by atoms with van der Waals surface area (Å²) in [6.45, 7) is 4.27. The van der Waals surface area contributed by atoms with Gasteiger partial charge in [-0.05, 0) is 31.5 Å². The number of hydrogen-bond donors (Lipinski definition) is 1. The van der Waals surface area contributed by atoms with Crippen molar-refractivity contribution in [2.45, 2.75) is 19.9 Å². The third kappa shape index (κ3) is 1.68. The predicted molar refractivity (Wildman–Crippen MR) is 67.8 cm³/mol. The summed E-state index contributed by atoms with van der Waals surface area (Å²) in [5, 5.41) is 4.40. The first-order valence-corrected chi connectivity index (χ1v) is 5.86. The number of rotatable bonds is 2. The molecule has 5 heteroatoms. The van der Waals surface area contributed by atoms with Crippen LogP contribution < -0.4 is 15.2 Å². The van der Waals surface area contributed by atoms with E-state index in [1.807, 2.05) is 35.9 Å². The molecule has 0 aliphatic carbocycles. The van der Waals surface area contributed by atoms with Gasteiger partial charge in [-0.15, -0.1) is 0 Å². The molecule has 0 radical (unpaired) electrons. The van der Waals surface area contributed by atoms with E-state index in [-0.39, 0.29) is 12.8 Å². The second-order valence-electron chi connectivity index (χ2n) is 4.44. The largest absolute Gasteiger partial charge is 0.454 e. The van der Waals surface area contributed by atoms with Crippen molar-refractivity contribution in [3.05, 3.63) is 35.5 Å². The lowest BCUT2D eigenvalue weighted by molar-refractivity contribution is 0.174. The minimum absolute atomic E-state index is 0.0631. The molecular weight excluding hydrogens is 230 g/mol. The van der Waals surface area contributed by atoms with Crippen molar-refractivity contribution in [1.82, 2.24) is 9.78 Å². The second kappa shape index (κ2) is 3.94. The summed E-state index contributed by atoms with van der Waals surface area (Å²) in [5.41, 5.74) is 7.95. The Hall–Kier alpha value is -2.17. The number of fused-ring (bicyclic) bond motifs is 1. The zero-order valence-corrected chi connectivity index (χ0v) is 10.4. The highest BCUT2D eigenvalue weighted by Crippen LogP contribution is 2.35. The number of nitrogens with two attached hydrogens (primary N) is 1. The minimum Gasteiger partial charge on any atom is -0.454 e. The second-order valence-corrected chi connectivity index (χ2v) is 4.44. The van der Waals surface area contributed by atoms with Gasteiger partial charge in [0.2, 0.25) is 6.79 Å². The number of ether oxygens (including phenoxy) is 2. The minimum atomic E-state index is 0.0631. The Morgan fingerprint density at radius 2 is 2.06 bits per heavy atom. The summed E-state index contributed by atoms with van der Waals surface area (Å²) >= 11 is 0. The molecule has 0 saturated carbocycles. The molecule has 0 saturated heterocycles. The molecular formula is C13H15N3O2. The van der Waals surface area contributed by atoms with Crippen molar-refractivity contribution >= 4 is 5.82 Å². The summed E-state index contributed by atoms with van der Waals surface area (Å²) in [4.78, 5) is 0. The molecule has 0 bridgehead atoms. The van der Waals surface area contributed by atoms with Gasteiger partial charge < -0.3 is 15.2 Å².